The van der Waals surface area contributed by atoms with Gasteiger partial charge in [-0.2, -0.15) is 0 Å². The van der Waals surface area contributed by atoms with Crippen LogP contribution in [0.15, 0.2) is 24.3 Å². The standard InChI is InChI=1S/C24H27F2N3O2S/c1-16-18(7-10-27)15-22(32-16)23(30)28-11-3-2-4-17-8-12-29(13-9-17)24(31)19-5-6-20(25)21(26)14-19/h5-7,10,14-15,17,27H,1-4,8-9,11-13H2,(H,28,30)/b18-7-,27-10?. The SMILES string of the molecule is C=c1sc(C(=O)NCCCCC2CCN(C(=O)c3ccc(F)c(F)c3)CC2)c/c1=C/C=N. The van der Waals surface area contributed by atoms with Crippen LogP contribution in [0, 0.1) is 23.0 Å². The van der Waals surface area contributed by atoms with Gasteiger partial charge in [0.25, 0.3) is 11.8 Å². The van der Waals surface area contributed by atoms with E-state index in [-0.39, 0.29) is 17.4 Å². The van der Waals surface area contributed by atoms with Crippen molar-refractivity contribution in [1.29, 1.82) is 5.41 Å². The van der Waals surface area contributed by atoms with Crippen molar-refractivity contribution in [1.82, 2.24) is 10.2 Å². The van der Waals surface area contributed by atoms with E-state index >= 15 is 0 Å². The molecule has 2 amide bonds. The first-order valence-corrected chi connectivity index (χ1v) is 11.5. The number of hydrogen-bond donors (Lipinski definition) is 2. The van der Waals surface area contributed by atoms with Crippen molar-refractivity contribution in [3.8, 4) is 0 Å². The molecule has 0 spiro atoms. The Hall–Kier alpha value is -2.87. The molecule has 2 aromatic rings. The van der Waals surface area contributed by atoms with Crippen LogP contribution in [-0.4, -0.2) is 42.6 Å². The number of halogens is 2. The molecule has 1 fully saturated rings. The maximum atomic E-state index is 13.4. The van der Waals surface area contributed by atoms with Crippen molar-refractivity contribution in [3.63, 3.8) is 0 Å². The second-order valence-corrected chi connectivity index (χ2v) is 9.08. The van der Waals surface area contributed by atoms with Crippen molar-refractivity contribution in [3.05, 3.63) is 56.1 Å². The van der Waals surface area contributed by atoms with Gasteiger partial charge in [-0.25, -0.2) is 8.78 Å². The van der Waals surface area contributed by atoms with Gasteiger partial charge in [0.1, 0.15) is 0 Å². The maximum Gasteiger partial charge on any atom is 0.261 e. The third-order valence-corrected chi connectivity index (χ3v) is 6.73. The maximum absolute atomic E-state index is 13.4. The first-order valence-electron chi connectivity index (χ1n) is 10.7. The minimum atomic E-state index is -1.01. The zero-order valence-electron chi connectivity index (χ0n) is 17.8. The normalized spacial score (nSPS) is 15.1. The van der Waals surface area contributed by atoms with Crippen LogP contribution in [0.25, 0.3) is 12.7 Å². The van der Waals surface area contributed by atoms with Crippen molar-refractivity contribution in [2.24, 2.45) is 5.92 Å². The highest BCUT2D eigenvalue weighted by atomic mass is 32.1. The minimum absolute atomic E-state index is 0.117. The third kappa shape index (κ3) is 6.09. The molecule has 32 heavy (non-hydrogen) atoms. The lowest BCUT2D eigenvalue weighted by molar-refractivity contribution is 0.0685. The fourth-order valence-electron chi connectivity index (χ4n) is 3.87. The molecule has 2 heterocycles. The number of piperidine rings is 1. The highest BCUT2D eigenvalue weighted by Gasteiger charge is 2.24. The molecule has 170 valence electrons. The monoisotopic (exact) mass is 459 g/mol. The zero-order chi connectivity index (χ0) is 23.1. The summed E-state index contributed by atoms with van der Waals surface area (Å²) in [4.78, 5) is 27.0. The quantitative estimate of drug-likeness (QED) is 0.470. The number of unbranched alkanes of at least 4 members (excludes halogenated alkanes) is 1. The molecule has 1 saturated heterocycles. The Morgan fingerprint density at radius 2 is 1.94 bits per heavy atom. The number of nitrogens with one attached hydrogen (secondary N) is 2. The topological polar surface area (TPSA) is 73.3 Å². The average Bonchev–Trinajstić information content (AvgIpc) is 3.16. The number of carbonyl (C=O) groups is 2. The fraction of sp³-hybridized carbons (Fsp3) is 0.375. The summed E-state index contributed by atoms with van der Waals surface area (Å²) in [7, 11) is 0. The molecule has 1 aliphatic rings. The Bertz CT molecular complexity index is 1090. The van der Waals surface area contributed by atoms with Crippen molar-refractivity contribution in [2.45, 2.75) is 32.1 Å². The van der Waals surface area contributed by atoms with Crippen LogP contribution in [0.5, 0.6) is 0 Å². The summed E-state index contributed by atoms with van der Waals surface area (Å²) in [6.45, 7) is 5.71. The second kappa shape index (κ2) is 11.1. The molecular formula is C24H27F2N3O2S. The molecule has 1 aromatic heterocycles. The largest absolute Gasteiger partial charge is 0.351 e. The average molecular weight is 460 g/mol. The lowest BCUT2D eigenvalue weighted by atomic mass is 9.91. The van der Waals surface area contributed by atoms with Gasteiger partial charge in [-0.15, -0.1) is 11.3 Å². The number of benzene rings is 1. The van der Waals surface area contributed by atoms with Gasteiger partial charge >= 0.3 is 0 Å². The number of thiophene rings is 1. The molecule has 3 rings (SSSR count). The van der Waals surface area contributed by atoms with E-state index in [0.29, 0.717) is 30.4 Å². The molecule has 8 heteroatoms. The van der Waals surface area contributed by atoms with Crippen LogP contribution < -0.4 is 15.1 Å². The predicted molar refractivity (Wildman–Crippen MR) is 124 cm³/mol. The fourth-order valence-corrected chi connectivity index (χ4v) is 4.73. The van der Waals surface area contributed by atoms with Crippen LogP contribution >= 0.6 is 11.3 Å². The van der Waals surface area contributed by atoms with E-state index in [4.69, 9.17) is 5.41 Å². The van der Waals surface area contributed by atoms with E-state index in [0.717, 1.165) is 54.0 Å². The minimum Gasteiger partial charge on any atom is -0.351 e. The molecule has 0 aliphatic carbocycles. The molecule has 2 N–H and O–H groups in total. The van der Waals surface area contributed by atoms with E-state index in [1.54, 1.807) is 17.0 Å². The van der Waals surface area contributed by atoms with E-state index in [1.165, 1.54) is 23.6 Å². The highest BCUT2D eigenvalue weighted by molar-refractivity contribution is 7.11. The predicted octanol–water partition coefficient (Wildman–Crippen LogP) is 3.32. The van der Waals surface area contributed by atoms with Crippen molar-refractivity contribution in [2.75, 3.05) is 19.6 Å². The lowest BCUT2D eigenvalue weighted by Crippen LogP contribution is -2.38. The summed E-state index contributed by atoms with van der Waals surface area (Å²) >= 11 is 1.32. The van der Waals surface area contributed by atoms with Crippen LogP contribution in [0.3, 0.4) is 0 Å². The summed E-state index contributed by atoms with van der Waals surface area (Å²) in [5.41, 5.74) is 0.178. The zero-order valence-corrected chi connectivity index (χ0v) is 18.6. The van der Waals surface area contributed by atoms with Crippen LogP contribution in [0.1, 0.15) is 52.1 Å². The van der Waals surface area contributed by atoms with Crippen LogP contribution in [0.2, 0.25) is 0 Å². The Morgan fingerprint density at radius 3 is 2.62 bits per heavy atom. The Balaban J connectivity index is 1.35. The van der Waals surface area contributed by atoms with Crippen molar-refractivity contribution < 1.29 is 18.4 Å². The van der Waals surface area contributed by atoms with Gasteiger partial charge in [0.05, 0.1) is 4.88 Å². The number of hydrogen-bond acceptors (Lipinski definition) is 4. The lowest BCUT2D eigenvalue weighted by Gasteiger charge is -2.32. The third-order valence-electron chi connectivity index (χ3n) is 5.72. The molecule has 0 bridgehead atoms. The molecule has 0 radical (unpaired) electrons. The molecule has 0 saturated carbocycles. The Labute approximate surface area is 190 Å². The van der Waals surface area contributed by atoms with Gasteiger partial charge in [0.2, 0.25) is 0 Å². The number of likely N-dealkylation sites (tertiary alicyclic amines) is 1. The van der Waals surface area contributed by atoms with E-state index in [9.17, 15) is 18.4 Å². The highest BCUT2D eigenvalue weighted by Crippen LogP contribution is 2.24. The van der Waals surface area contributed by atoms with E-state index in [2.05, 4.69) is 11.9 Å². The number of nitrogens with zero attached hydrogens (tertiary/aromatic N) is 1. The van der Waals surface area contributed by atoms with E-state index in [1.807, 2.05) is 0 Å². The van der Waals surface area contributed by atoms with E-state index < -0.39 is 11.6 Å². The summed E-state index contributed by atoms with van der Waals surface area (Å²) in [5.74, 6) is -1.82. The Morgan fingerprint density at radius 1 is 1.19 bits per heavy atom. The van der Waals surface area contributed by atoms with Gasteiger partial charge in [0.15, 0.2) is 11.6 Å². The summed E-state index contributed by atoms with van der Waals surface area (Å²) in [6, 6.07) is 5.02. The Kier molecular flexibility index (Phi) is 8.27. The van der Waals surface area contributed by atoms with Crippen LogP contribution in [-0.2, 0) is 0 Å². The molecule has 5 nitrogen and oxygen atoms in total. The van der Waals surface area contributed by atoms with Gasteiger partial charge in [-0.3, -0.25) is 9.59 Å². The number of rotatable bonds is 8. The molecular weight excluding hydrogens is 432 g/mol. The molecule has 1 aliphatic heterocycles. The molecule has 1 aromatic carbocycles. The van der Waals surface area contributed by atoms with Gasteiger partial charge in [-0.05, 0) is 60.7 Å². The first kappa shape index (κ1) is 23.8. The second-order valence-electron chi connectivity index (χ2n) is 7.94. The van der Waals surface area contributed by atoms with Crippen molar-refractivity contribution >= 4 is 42.0 Å². The number of amides is 2. The van der Waals surface area contributed by atoms with Gasteiger partial charge < -0.3 is 15.6 Å². The van der Waals surface area contributed by atoms with Gasteiger partial charge in [0, 0.05) is 35.9 Å². The summed E-state index contributed by atoms with van der Waals surface area (Å²) < 4.78 is 27.2. The number of carbonyl (C=O) groups excluding carboxylic acids is 2. The summed E-state index contributed by atoms with van der Waals surface area (Å²) in [5, 5.41) is 10.9. The van der Waals surface area contributed by atoms with Crippen LogP contribution in [0.4, 0.5) is 8.78 Å². The first-order chi connectivity index (χ1) is 15.4. The molecule has 0 unspecified atom stereocenters. The molecule has 0 atom stereocenters. The van der Waals surface area contributed by atoms with Gasteiger partial charge in [-0.1, -0.05) is 19.4 Å². The smallest absolute Gasteiger partial charge is 0.261 e. The summed E-state index contributed by atoms with van der Waals surface area (Å²) in [6.07, 6.45) is 7.46.